The lowest BCUT2D eigenvalue weighted by Gasteiger charge is -2.03. The molecule has 0 bridgehead atoms. The van der Waals surface area contributed by atoms with Gasteiger partial charge in [-0.3, -0.25) is 9.48 Å². The van der Waals surface area contributed by atoms with E-state index in [-0.39, 0.29) is 11.6 Å². The Morgan fingerprint density at radius 2 is 2.28 bits per heavy atom. The van der Waals surface area contributed by atoms with Gasteiger partial charge in [-0.2, -0.15) is 5.10 Å². The maximum Gasteiger partial charge on any atom is 0.165 e. The molecule has 94 valence electrons. The Hall–Kier alpha value is -1.49. The van der Waals surface area contributed by atoms with Gasteiger partial charge in [0.15, 0.2) is 5.78 Å². The summed E-state index contributed by atoms with van der Waals surface area (Å²) >= 11 is 3.14. The second-order valence-electron chi connectivity index (χ2n) is 3.95. The molecule has 0 aliphatic heterocycles. The maximum atomic E-state index is 13.1. The zero-order valence-corrected chi connectivity index (χ0v) is 11.4. The number of hydrogen-bond acceptors (Lipinski definition) is 2. The number of rotatable bonds is 4. The van der Waals surface area contributed by atoms with E-state index in [1.165, 1.54) is 6.07 Å². The minimum absolute atomic E-state index is 0.0709. The molecule has 0 saturated carbocycles. The Balaban J connectivity index is 2.16. The normalized spacial score (nSPS) is 10.6. The Morgan fingerprint density at radius 3 is 2.94 bits per heavy atom. The van der Waals surface area contributed by atoms with Gasteiger partial charge in [0.1, 0.15) is 5.82 Å². The molecule has 0 N–H and O–H groups in total. The summed E-state index contributed by atoms with van der Waals surface area (Å²) < 4.78 is 15.2. The first-order chi connectivity index (χ1) is 8.60. The van der Waals surface area contributed by atoms with Crippen LogP contribution in [0.25, 0.3) is 0 Å². The van der Waals surface area contributed by atoms with Crippen LogP contribution in [0.3, 0.4) is 0 Å². The van der Waals surface area contributed by atoms with E-state index in [0.29, 0.717) is 23.0 Å². The van der Waals surface area contributed by atoms with E-state index in [4.69, 9.17) is 0 Å². The van der Waals surface area contributed by atoms with Gasteiger partial charge in [0.2, 0.25) is 0 Å². The quantitative estimate of drug-likeness (QED) is 0.811. The first kappa shape index (κ1) is 13.0. The van der Waals surface area contributed by atoms with Crippen LogP contribution in [0.1, 0.15) is 29.3 Å². The first-order valence-corrected chi connectivity index (χ1v) is 6.39. The summed E-state index contributed by atoms with van der Waals surface area (Å²) in [4.78, 5) is 11.5. The highest BCUT2D eigenvalue weighted by molar-refractivity contribution is 9.10. The van der Waals surface area contributed by atoms with Crippen molar-refractivity contribution in [2.45, 2.75) is 19.9 Å². The number of halogens is 2. The molecule has 1 aromatic heterocycles. The molecular formula is C13H12BrFN2O. The molecule has 0 aliphatic rings. The third kappa shape index (κ3) is 2.85. The second-order valence-corrected chi connectivity index (χ2v) is 4.81. The molecular weight excluding hydrogens is 299 g/mol. The fraction of sp³-hybridized carbons (Fsp3) is 0.231. The van der Waals surface area contributed by atoms with Crippen molar-refractivity contribution in [3.05, 3.63) is 52.0 Å². The lowest BCUT2D eigenvalue weighted by atomic mass is 10.2. The second kappa shape index (κ2) is 5.44. The molecule has 0 amide bonds. The molecule has 0 spiro atoms. The third-order valence-electron chi connectivity index (χ3n) is 2.60. The molecule has 2 aromatic rings. The van der Waals surface area contributed by atoms with Gasteiger partial charge in [0.05, 0.1) is 22.8 Å². The van der Waals surface area contributed by atoms with Crippen molar-refractivity contribution >= 4 is 21.7 Å². The largest absolute Gasteiger partial charge is 0.294 e. The summed E-state index contributed by atoms with van der Waals surface area (Å²) in [5, 5.41) is 4.12. The van der Waals surface area contributed by atoms with Crippen LogP contribution in [0.15, 0.2) is 35.1 Å². The van der Waals surface area contributed by atoms with Gasteiger partial charge < -0.3 is 0 Å². The molecule has 1 aromatic carbocycles. The Labute approximate surface area is 113 Å². The summed E-state index contributed by atoms with van der Waals surface area (Å²) in [7, 11) is 0. The van der Waals surface area contributed by atoms with Crippen molar-refractivity contribution in [1.82, 2.24) is 9.78 Å². The van der Waals surface area contributed by atoms with Crippen molar-refractivity contribution in [3.8, 4) is 0 Å². The number of benzene rings is 1. The van der Waals surface area contributed by atoms with Crippen LogP contribution in [-0.4, -0.2) is 15.6 Å². The van der Waals surface area contributed by atoms with Gasteiger partial charge in [-0.1, -0.05) is 13.0 Å². The number of ketones is 1. The van der Waals surface area contributed by atoms with Crippen molar-refractivity contribution in [1.29, 1.82) is 0 Å². The Bertz CT molecular complexity index is 580. The van der Waals surface area contributed by atoms with Gasteiger partial charge in [0.25, 0.3) is 0 Å². The summed E-state index contributed by atoms with van der Waals surface area (Å²) in [6.45, 7) is 2.33. The van der Waals surface area contributed by atoms with E-state index in [0.717, 1.165) is 5.56 Å². The van der Waals surface area contributed by atoms with E-state index < -0.39 is 0 Å². The number of nitrogens with zero attached hydrogens (tertiary/aromatic N) is 2. The molecule has 0 radical (unpaired) electrons. The fourth-order valence-corrected chi connectivity index (χ4v) is 2.05. The van der Waals surface area contributed by atoms with E-state index in [1.54, 1.807) is 29.2 Å². The predicted molar refractivity (Wildman–Crippen MR) is 70.1 cm³/mol. The summed E-state index contributed by atoms with van der Waals surface area (Å²) in [5.74, 6) is -0.220. The van der Waals surface area contributed by atoms with Crippen molar-refractivity contribution in [2.24, 2.45) is 0 Å². The molecule has 18 heavy (non-hydrogen) atoms. The van der Waals surface area contributed by atoms with Crippen LogP contribution >= 0.6 is 15.9 Å². The third-order valence-corrected chi connectivity index (χ3v) is 3.21. The molecule has 3 nitrogen and oxygen atoms in total. The first-order valence-electron chi connectivity index (χ1n) is 5.59. The molecule has 0 aliphatic carbocycles. The van der Waals surface area contributed by atoms with Gasteiger partial charge in [-0.25, -0.2) is 4.39 Å². The van der Waals surface area contributed by atoms with Crippen LogP contribution in [0.5, 0.6) is 0 Å². The summed E-state index contributed by atoms with van der Waals surface area (Å²) in [6.07, 6.45) is 3.74. The molecule has 0 unspecified atom stereocenters. The van der Waals surface area contributed by atoms with Gasteiger partial charge in [-0.05, 0) is 33.6 Å². The average molecular weight is 311 g/mol. The molecule has 2 rings (SSSR count). The van der Waals surface area contributed by atoms with E-state index in [2.05, 4.69) is 21.0 Å². The van der Waals surface area contributed by atoms with Crippen LogP contribution < -0.4 is 0 Å². The standard InChI is InChI=1S/C13H12BrFN2O/c1-2-13(18)10-6-16-17(8-10)7-9-3-4-12(15)11(14)5-9/h3-6,8H,2,7H2,1H3. The fourth-order valence-electron chi connectivity index (χ4n) is 1.62. The van der Waals surface area contributed by atoms with Gasteiger partial charge >= 0.3 is 0 Å². The van der Waals surface area contributed by atoms with Crippen molar-refractivity contribution in [3.63, 3.8) is 0 Å². The monoisotopic (exact) mass is 310 g/mol. The number of aromatic nitrogens is 2. The van der Waals surface area contributed by atoms with Crippen LogP contribution in [0, 0.1) is 5.82 Å². The minimum atomic E-state index is -0.291. The number of carbonyl (C=O) groups excluding carboxylic acids is 1. The van der Waals surface area contributed by atoms with Gasteiger partial charge in [0, 0.05) is 12.6 Å². The number of hydrogen-bond donors (Lipinski definition) is 0. The summed E-state index contributed by atoms with van der Waals surface area (Å²) in [5.41, 5.74) is 1.53. The topological polar surface area (TPSA) is 34.9 Å². The zero-order valence-electron chi connectivity index (χ0n) is 9.86. The molecule has 1 heterocycles. The van der Waals surface area contributed by atoms with E-state index in [1.807, 2.05) is 6.92 Å². The molecule has 5 heteroatoms. The van der Waals surface area contributed by atoms with E-state index in [9.17, 15) is 9.18 Å². The highest BCUT2D eigenvalue weighted by Gasteiger charge is 2.07. The van der Waals surface area contributed by atoms with E-state index >= 15 is 0 Å². The van der Waals surface area contributed by atoms with Crippen LogP contribution in [0.2, 0.25) is 0 Å². The summed E-state index contributed by atoms with van der Waals surface area (Å²) in [6, 6.07) is 4.81. The van der Waals surface area contributed by atoms with Crippen LogP contribution in [0.4, 0.5) is 4.39 Å². The molecule has 0 fully saturated rings. The Kier molecular flexibility index (Phi) is 3.91. The maximum absolute atomic E-state index is 13.1. The predicted octanol–water partition coefficient (Wildman–Crippen LogP) is 3.43. The zero-order chi connectivity index (χ0) is 13.1. The smallest absolute Gasteiger partial charge is 0.165 e. The SMILES string of the molecule is CCC(=O)c1cnn(Cc2ccc(F)c(Br)c2)c1. The highest BCUT2D eigenvalue weighted by atomic mass is 79.9. The average Bonchev–Trinajstić information content (AvgIpc) is 2.81. The number of carbonyl (C=O) groups is 1. The lowest BCUT2D eigenvalue weighted by Crippen LogP contribution is -2.00. The van der Waals surface area contributed by atoms with Gasteiger partial charge in [-0.15, -0.1) is 0 Å². The molecule has 0 saturated heterocycles. The molecule has 0 atom stereocenters. The van der Waals surface area contributed by atoms with Crippen molar-refractivity contribution < 1.29 is 9.18 Å². The highest BCUT2D eigenvalue weighted by Crippen LogP contribution is 2.17. The Morgan fingerprint density at radius 1 is 1.50 bits per heavy atom. The lowest BCUT2D eigenvalue weighted by molar-refractivity contribution is 0.0988. The van der Waals surface area contributed by atoms with Crippen LogP contribution in [-0.2, 0) is 6.54 Å². The van der Waals surface area contributed by atoms with Crippen molar-refractivity contribution in [2.75, 3.05) is 0 Å². The minimum Gasteiger partial charge on any atom is -0.294 e. The number of Topliss-reactive ketones (excluding diaryl/α,β-unsaturated/α-hetero) is 1.